The lowest BCUT2D eigenvalue weighted by atomic mass is 9.91. The SMILES string of the molecule is O=S(=O)(CC1CCCCC1)N1CC(n2cc(COc3ccccc3)nn2)C1. The second kappa shape index (κ2) is 7.98. The number of hydrogen-bond acceptors (Lipinski definition) is 5. The van der Waals surface area contributed by atoms with E-state index in [1.165, 1.54) is 6.42 Å². The monoisotopic (exact) mass is 390 g/mol. The average Bonchev–Trinajstić information content (AvgIpc) is 3.08. The van der Waals surface area contributed by atoms with Crippen molar-refractivity contribution in [2.75, 3.05) is 18.8 Å². The summed E-state index contributed by atoms with van der Waals surface area (Å²) in [7, 11) is -3.16. The van der Waals surface area contributed by atoms with Crippen LogP contribution in [0.25, 0.3) is 0 Å². The molecular weight excluding hydrogens is 364 g/mol. The third-order valence-electron chi connectivity index (χ3n) is 5.46. The molecule has 1 saturated heterocycles. The second-order valence-electron chi connectivity index (χ2n) is 7.55. The van der Waals surface area contributed by atoms with E-state index in [2.05, 4.69) is 10.3 Å². The van der Waals surface area contributed by atoms with Gasteiger partial charge in [0, 0.05) is 13.1 Å². The van der Waals surface area contributed by atoms with E-state index >= 15 is 0 Å². The van der Waals surface area contributed by atoms with Crippen LogP contribution in [0, 0.1) is 5.92 Å². The maximum atomic E-state index is 12.6. The molecule has 0 N–H and O–H groups in total. The number of aromatic nitrogens is 3. The van der Waals surface area contributed by atoms with Gasteiger partial charge in [0.2, 0.25) is 10.0 Å². The summed E-state index contributed by atoms with van der Waals surface area (Å²) < 4.78 is 34.2. The summed E-state index contributed by atoms with van der Waals surface area (Å²) in [5.41, 5.74) is 0.738. The molecule has 2 aliphatic rings. The number of para-hydroxylation sites is 1. The maximum absolute atomic E-state index is 12.6. The molecule has 1 aromatic carbocycles. The highest BCUT2D eigenvalue weighted by atomic mass is 32.2. The third kappa shape index (κ3) is 4.50. The summed E-state index contributed by atoms with van der Waals surface area (Å²) in [6.45, 7) is 1.31. The number of ether oxygens (including phenoxy) is 1. The molecule has 7 nitrogen and oxygen atoms in total. The molecule has 1 aliphatic heterocycles. The molecular formula is C19H26N4O3S. The first-order valence-electron chi connectivity index (χ1n) is 9.66. The van der Waals surface area contributed by atoms with Crippen LogP contribution in [-0.2, 0) is 16.6 Å². The van der Waals surface area contributed by atoms with Crippen molar-refractivity contribution in [3.63, 3.8) is 0 Å². The fraction of sp³-hybridized carbons (Fsp3) is 0.579. The van der Waals surface area contributed by atoms with Crippen molar-refractivity contribution in [2.45, 2.75) is 44.8 Å². The Bertz CT molecular complexity index is 841. The van der Waals surface area contributed by atoms with E-state index in [0.717, 1.165) is 37.1 Å². The molecule has 8 heteroatoms. The average molecular weight is 391 g/mol. The normalized spacial score (nSPS) is 19.7. The fourth-order valence-corrected chi connectivity index (χ4v) is 5.74. The molecule has 0 radical (unpaired) electrons. The Labute approximate surface area is 160 Å². The van der Waals surface area contributed by atoms with Gasteiger partial charge in [0.25, 0.3) is 0 Å². The van der Waals surface area contributed by atoms with Gasteiger partial charge in [-0.15, -0.1) is 5.10 Å². The number of sulfonamides is 1. The van der Waals surface area contributed by atoms with Gasteiger partial charge in [0.15, 0.2) is 0 Å². The molecule has 2 fully saturated rings. The van der Waals surface area contributed by atoms with Gasteiger partial charge in [-0.25, -0.2) is 13.1 Å². The molecule has 1 aromatic heterocycles. The predicted octanol–water partition coefficient (Wildman–Crippen LogP) is 2.62. The molecule has 2 heterocycles. The second-order valence-corrected chi connectivity index (χ2v) is 9.56. The van der Waals surface area contributed by atoms with Gasteiger partial charge in [-0.2, -0.15) is 4.31 Å². The van der Waals surface area contributed by atoms with Crippen molar-refractivity contribution >= 4 is 10.0 Å². The van der Waals surface area contributed by atoms with Crippen molar-refractivity contribution in [2.24, 2.45) is 5.92 Å². The standard InChI is InChI=1S/C19H26N4O3S/c24-27(25,15-16-7-3-1-4-8-16)22-12-18(13-22)23-11-17(20-21-23)14-26-19-9-5-2-6-10-19/h2,5-6,9-11,16,18H,1,3-4,7-8,12-15H2. The zero-order chi connectivity index (χ0) is 18.7. The summed E-state index contributed by atoms with van der Waals surface area (Å²) >= 11 is 0. The first kappa shape index (κ1) is 18.4. The quantitative estimate of drug-likeness (QED) is 0.726. The molecule has 0 atom stereocenters. The minimum Gasteiger partial charge on any atom is -0.487 e. The first-order chi connectivity index (χ1) is 13.1. The third-order valence-corrected chi connectivity index (χ3v) is 7.43. The van der Waals surface area contributed by atoms with Gasteiger partial charge in [-0.3, -0.25) is 0 Å². The summed E-state index contributed by atoms with van der Waals surface area (Å²) in [6.07, 6.45) is 7.50. The minimum atomic E-state index is -3.16. The smallest absolute Gasteiger partial charge is 0.214 e. The van der Waals surface area contributed by atoms with E-state index < -0.39 is 10.0 Å². The van der Waals surface area contributed by atoms with Crippen molar-refractivity contribution in [3.05, 3.63) is 42.2 Å². The Balaban J connectivity index is 1.27. The number of rotatable bonds is 7. The fourth-order valence-electron chi connectivity index (χ4n) is 3.80. The molecule has 0 spiro atoms. The Morgan fingerprint density at radius 3 is 2.56 bits per heavy atom. The van der Waals surface area contributed by atoms with Crippen molar-refractivity contribution in [3.8, 4) is 5.75 Å². The summed E-state index contributed by atoms with van der Waals surface area (Å²) in [6, 6.07) is 9.63. The van der Waals surface area contributed by atoms with Crippen LogP contribution in [0.15, 0.2) is 36.5 Å². The molecule has 0 bridgehead atoms. The Morgan fingerprint density at radius 2 is 1.81 bits per heavy atom. The first-order valence-corrected chi connectivity index (χ1v) is 11.3. The van der Waals surface area contributed by atoms with Crippen LogP contribution in [-0.4, -0.2) is 46.6 Å². The van der Waals surface area contributed by atoms with Crippen LogP contribution < -0.4 is 4.74 Å². The largest absolute Gasteiger partial charge is 0.487 e. The summed E-state index contributed by atoms with van der Waals surface area (Å²) in [4.78, 5) is 0. The van der Waals surface area contributed by atoms with Crippen LogP contribution in [0.3, 0.4) is 0 Å². The lowest BCUT2D eigenvalue weighted by Crippen LogP contribution is -2.52. The minimum absolute atomic E-state index is 0.0594. The summed E-state index contributed by atoms with van der Waals surface area (Å²) in [5.74, 6) is 1.42. The van der Waals surface area contributed by atoms with Gasteiger partial charge < -0.3 is 4.74 Å². The van der Waals surface area contributed by atoms with Crippen molar-refractivity contribution < 1.29 is 13.2 Å². The zero-order valence-electron chi connectivity index (χ0n) is 15.4. The van der Waals surface area contributed by atoms with Crippen LogP contribution >= 0.6 is 0 Å². The lowest BCUT2D eigenvalue weighted by Gasteiger charge is -2.38. The highest BCUT2D eigenvalue weighted by Crippen LogP contribution is 2.29. The molecule has 4 rings (SSSR count). The Morgan fingerprint density at radius 1 is 1.07 bits per heavy atom. The molecule has 146 valence electrons. The highest BCUT2D eigenvalue weighted by Gasteiger charge is 2.38. The van der Waals surface area contributed by atoms with Gasteiger partial charge in [0.05, 0.1) is 18.0 Å². The zero-order valence-corrected chi connectivity index (χ0v) is 16.2. The van der Waals surface area contributed by atoms with Gasteiger partial charge >= 0.3 is 0 Å². The Hall–Kier alpha value is -1.93. The van der Waals surface area contributed by atoms with Crippen LogP contribution in [0.1, 0.15) is 43.8 Å². The molecule has 1 aliphatic carbocycles. The van der Waals surface area contributed by atoms with Gasteiger partial charge in [0.1, 0.15) is 18.1 Å². The van der Waals surface area contributed by atoms with Crippen LogP contribution in [0.4, 0.5) is 0 Å². The number of benzene rings is 1. The highest BCUT2D eigenvalue weighted by molar-refractivity contribution is 7.89. The predicted molar refractivity (Wildman–Crippen MR) is 102 cm³/mol. The molecule has 2 aromatic rings. The topological polar surface area (TPSA) is 77.3 Å². The summed E-state index contributed by atoms with van der Waals surface area (Å²) in [5, 5.41) is 8.28. The van der Waals surface area contributed by atoms with E-state index in [1.54, 1.807) is 8.99 Å². The number of hydrogen-bond donors (Lipinski definition) is 0. The molecule has 27 heavy (non-hydrogen) atoms. The molecule has 1 saturated carbocycles. The van der Waals surface area contributed by atoms with Crippen molar-refractivity contribution in [1.82, 2.24) is 19.3 Å². The van der Waals surface area contributed by atoms with E-state index in [0.29, 0.717) is 31.4 Å². The van der Waals surface area contributed by atoms with E-state index in [4.69, 9.17) is 4.74 Å². The molecule has 0 amide bonds. The van der Waals surface area contributed by atoms with Crippen molar-refractivity contribution in [1.29, 1.82) is 0 Å². The maximum Gasteiger partial charge on any atom is 0.214 e. The van der Waals surface area contributed by atoms with Gasteiger partial charge in [-0.05, 0) is 30.9 Å². The van der Waals surface area contributed by atoms with E-state index in [9.17, 15) is 8.42 Å². The Kier molecular flexibility index (Phi) is 5.45. The van der Waals surface area contributed by atoms with E-state index in [-0.39, 0.29) is 6.04 Å². The van der Waals surface area contributed by atoms with Gasteiger partial charge in [-0.1, -0.05) is 42.7 Å². The number of nitrogens with zero attached hydrogens (tertiary/aromatic N) is 4. The lowest BCUT2D eigenvalue weighted by molar-refractivity contribution is 0.187. The van der Waals surface area contributed by atoms with E-state index in [1.807, 2.05) is 36.5 Å². The molecule has 0 unspecified atom stereocenters. The van der Waals surface area contributed by atoms with Crippen LogP contribution in [0.5, 0.6) is 5.75 Å². The van der Waals surface area contributed by atoms with Crippen LogP contribution in [0.2, 0.25) is 0 Å².